The molecular formula is C13H21N3O3. The highest BCUT2D eigenvalue weighted by Gasteiger charge is 2.17. The Bertz CT molecular complexity index is 415. The quantitative estimate of drug-likeness (QED) is 0.416. The molecule has 6 heteroatoms. The number of carbonyl (C=O) groups excluding carboxylic acids is 1. The molecule has 6 nitrogen and oxygen atoms in total. The minimum Gasteiger partial charge on any atom is -0.457 e. The van der Waals surface area contributed by atoms with Crippen LogP contribution in [0.15, 0.2) is 12.7 Å². The van der Waals surface area contributed by atoms with Crippen molar-refractivity contribution in [3.63, 3.8) is 0 Å². The summed E-state index contributed by atoms with van der Waals surface area (Å²) in [7, 11) is 0. The SMILES string of the molecule is C=CCOC(=O)c1nnn(CCCCCCO)c1C. The lowest BCUT2D eigenvalue weighted by Gasteiger charge is -2.03. The number of unbranched alkanes of at least 4 members (excludes halogenated alkanes) is 3. The summed E-state index contributed by atoms with van der Waals surface area (Å²) in [5.41, 5.74) is 0.980. The van der Waals surface area contributed by atoms with Gasteiger partial charge in [-0.25, -0.2) is 9.48 Å². The number of hydrogen-bond acceptors (Lipinski definition) is 5. The van der Waals surface area contributed by atoms with Gasteiger partial charge >= 0.3 is 5.97 Å². The molecule has 1 rings (SSSR count). The van der Waals surface area contributed by atoms with Crippen molar-refractivity contribution in [2.75, 3.05) is 13.2 Å². The maximum atomic E-state index is 11.6. The zero-order chi connectivity index (χ0) is 14.1. The van der Waals surface area contributed by atoms with Gasteiger partial charge in [0.05, 0.1) is 5.69 Å². The van der Waals surface area contributed by atoms with E-state index in [4.69, 9.17) is 9.84 Å². The monoisotopic (exact) mass is 267 g/mol. The average molecular weight is 267 g/mol. The first-order valence-corrected chi connectivity index (χ1v) is 6.49. The molecule has 0 aliphatic carbocycles. The lowest BCUT2D eigenvalue weighted by Crippen LogP contribution is -2.08. The van der Waals surface area contributed by atoms with Crippen molar-refractivity contribution in [1.82, 2.24) is 15.0 Å². The molecule has 0 aliphatic rings. The predicted octanol–water partition coefficient (Wildman–Crippen LogP) is 1.48. The van der Waals surface area contributed by atoms with Gasteiger partial charge in [0, 0.05) is 13.2 Å². The van der Waals surface area contributed by atoms with Crippen LogP contribution in [0, 0.1) is 6.92 Å². The first-order valence-electron chi connectivity index (χ1n) is 6.49. The molecule has 0 bridgehead atoms. The first kappa shape index (κ1) is 15.4. The van der Waals surface area contributed by atoms with E-state index >= 15 is 0 Å². The van der Waals surface area contributed by atoms with Gasteiger partial charge in [0.2, 0.25) is 0 Å². The molecule has 0 saturated heterocycles. The Balaban J connectivity index is 2.46. The van der Waals surface area contributed by atoms with Crippen LogP contribution in [0.25, 0.3) is 0 Å². The Morgan fingerprint density at radius 1 is 1.42 bits per heavy atom. The van der Waals surface area contributed by atoms with Crippen LogP contribution in [0.2, 0.25) is 0 Å². The zero-order valence-corrected chi connectivity index (χ0v) is 11.3. The number of aliphatic hydroxyl groups excluding tert-OH is 1. The molecule has 0 amide bonds. The molecule has 0 unspecified atom stereocenters. The van der Waals surface area contributed by atoms with E-state index in [1.54, 1.807) is 11.6 Å². The number of nitrogens with zero attached hydrogens (tertiary/aromatic N) is 3. The number of carbonyl (C=O) groups is 1. The third-order valence-corrected chi connectivity index (χ3v) is 2.79. The van der Waals surface area contributed by atoms with E-state index in [1.165, 1.54) is 6.08 Å². The van der Waals surface area contributed by atoms with Crippen molar-refractivity contribution in [2.45, 2.75) is 39.2 Å². The van der Waals surface area contributed by atoms with Gasteiger partial charge in [0.15, 0.2) is 5.69 Å². The van der Waals surface area contributed by atoms with Crippen LogP contribution in [-0.2, 0) is 11.3 Å². The zero-order valence-electron chi connectivity index (χ0n) is 11.3. The lowest BCUT2D eigenvalue weighted by molar-refractivity contribution is 0.0542. The number of aromatic nitrogens is 3. The molecular weight excluding hydrogens is 246 g/mol. The number of rotatable bonds is 9. The first-order chi connectivity index (χ1) is 9.20. The fourth-order valence-corrected chi connectivity index (χ4v) is 1.69. The number of aliphatic hydroxyl groups is 1. The van der Waals surface area contributed by atoms with Crippen molar-refractivity contribution >= 4 is 5.97 Å². The van der Waals surface area contributed by atoms with E-state index in [9.17, 15) is 4.79 Å². The third-order valence-electron chi connectivity index (χ3n) is 2.79. The number of hydrogen-bond donors (Lipinski definition) is 1. The third kappa shape index (κ3) is 4.82. The highest BCUT2D eigenvalue weighted by atomic mass is 16.5. The van der Waals surface area contributed by atoms with Crippen molar-refractivity contribution in [3.8, 4) is 0 Å². The van der Waals surface area contributed by atoms with Crippen molar-refractivity contribution < 1.29 is 14.6 Å². The van der Waals surface area contributed by atoms with Gasteiger partial charge in [0.25, 0.3) is 0 Å². The average Bonchev–Trinajstić information content (AvgIpc) is 2.77. The van der Waals surface area contributed by atoms with Crippen molar-refractivity contribution in [2.24, 2.45) is 0 Å². The van der Waals surface area contributed by atoms with Crippen LogP contribution in [-0.4, -0.2) is 39.3 Å². The Morgan fingerprint density at radius 3 is 2.84 bits per heavy atom. The van der Waals surface area contributed by atoms with E-state index in [-0.39, 0.29) is 18.9 Å². The van der Waals surface area contributed by atoms with Gasteiger partial charge in [-0.3, -0.25) is 0 Å². The summed E-state index contributed by atoms with van der Waals surface area (Å²) in [5, 5.41) is 16.5. The Labute approximate surface area is 113 Å². The summed E-state index contributed by atoms with van der Waals surface area (Å²) in [6, 6.07) is 0. The smallest absolute Gasteiger partial charge is 0.361 e. The van der Waals surface area contributed by atoms with Gasteiger partial charge in [0.1, 0.15) is 6.61 Å². The van der Waals surface area contributed by atoms with E-state index in [0.29, 0.717) is 0 Å². The lowest BCUT2D eigenvalue weighted by atomic mass is 10.2. The molecule has 19 heavy (non-hydrogen) atoms. The van der Waals surface area contributed by atoms with E-state index in [0.717, 1.165) is 37.9 Å². The van der Waals surface area contributed by atoms with Gasteiger partial charge in [-0.2, -0.15) is 0 Å². The largest absolute Gasteiger partial charge is 0.457 e. The molecule has 1 N–H and O–H groups in total. The molecule has 1 aromatic rings. The van der Waals surface area contributed by atoms with Crippen LogP contribution < -0.4 is 0 Å². The summed E-state index contributed by atoms with van der Waals surface area (Å²) in [4.78, 5) is 11.6. The second kappa shape index (κ2) is 8.42. The number of aryl methyl sites for hydroxylation is 1. The molecule has 0 spiro atoms. The molecule has 0 fully saturated rings. The highest BCUT2D eigenvalue weighted by Crippen LogP contribution is 2.08. The number of esters is 1. The van der Waals surface area contributed by atoms with Crippen LogP contribution in [0.5, 0.6) is 0 Å². The molecule has 1 heterocycles. The Kier molecular flexibility index (Phi) is 6.81. The molecule has 106 valence electrons. The van der Waals surface area contributed by atoms with Crippen molar-refractivity contribution in [1.29, 1.82) is 0 Å². The van der Waals surface area contributed by atoms with E-state index in [1.807, 2.05) is 0 Å². The summed E-state index contributed by atoms with van der Waals surface area (Å²) in [6.45, 7) is 6.42. The molecule has 0 radical (unpaired) electrons. The topological polar surface area (TPSA) is 77.2 Å². The van der Waals surface area contributed by atoms with Gasteiger partial charge in [-0.05, 0) is 19.8 Å². The van der Waals surface area contributed by atoms with Gasteiger partial charge in [-0.1, -0.05) is 30.7 Å². The van der Waals surface area contributed by atoms with E-state index < -0.39 is 5.97 Å². The summed E-state index contributed by atoms with van der Waals surface area (Å²) < 4.78 is 6.64. The van der Waals surface area contributed by atoms with Gasteiger partial charge < -0.3 is 9.84 Å². The Hall–Kier alpha value is -1.69. The second-order valence-corrected chi connectivity index (χ2v) is 4.27. The van der Waals surface area contributed by atoms with Crippen LogP contribution in [0.3, 0.4) is 0 Å². The summed E-state index contributed by atoms with van der Waals surface area (Å²) in [6.07, 6.45) is 5.31. The van der Waals surface area contributed by atoms with Gasteiger partial charge in [-0.15, -0.1) is 5.10 Å². The number of ether oxygens (including phenoxy) is 1. The predicted molar refractivity (Wildman–Crippen MR) is 70.8 cm³/mol. The molecule has 0 aromatic carbocycles. The van der Waals surface area contributed by atoms with E-state index in [2.05, 4.69) is 16.9 Å². The minimum absolute atomic E-state index is 0.173. The molecule has 0 atom stereocenters. The summed E-state index contributed by atoms with van der Waals surface area (Å²) in [5.74, 6) is -0.469. The van der Waals surface area contributed by atoms with Crippen LogP contribution in [0.4, 0.5) is 0 Å². The molecule has 0 aliphatic heterocycles. The normalized spacial score (nSPS) is 10.4. The van der Waals surface area contributed by atoms with Crippen molar-refractivity contribution in [3.05, 3.63) is 24.0 Å². The standard InChI is InChI=1S/C13H21N3O3/c1-3-10-19-13(18)12-11(2)16(15-14-12)8-6-4-5-7-9-17/h3,17H,1,4-10H2,2H3. The van der Waals surface area contributed by atoms with Crippen LogP contribution >= 0.6 is 0 Å². The maximum absolute atomic E-state index is 11.6. The molecule has 0 saturated carbocycles. The summed E-state index contributed by atoms with van der Waals surface area (Å²) >= 11 is 0. The fraction of sp³-hybridized carbons (Fsp3) is 0.615. The maximum Gasteiger partial charge on any atom is 0.361 e. The van der Waals surface area contributed by atoms with Crippen LogP contribution in [0.1, 0.15) is 41.9 Å². The fourth-order valence-electron chi connectivity index (χ4n) is 1.69. The Morgan fingerprint density at radius 2 is 2.16 bits per heavy atom. The minimum atomic E-state index is -0.469. The second-order valence-electron chi connectivity index (χ2n) is 4.27. The highest BCUT2D eigenvalue weighted by molar-refractivity contribution is 5.88. The molecule has 1 aromatic heterocycles.